The highest BCUT2D eigenvalue weighted by molar-refractivity contribution is 7.15. The minimum absolute atomic E-state index is 0.00163. The van der Waals surface area contributed by atoms with Crippen molar-refractivity contribution in [2.24, 2.45) is 5.92 Å². The molecule has 1 atom stereocenters. The highest BCUT2D eigenvalue weighted by Crippen LogP contribution is 2.17. The molecule has 0 unspecified atom stereocenters. The van der Waals surface area contributed by atoms with Gasteiger partial charge in [-0.1, -0.05) is 0 Å². The zero-order chi connectivity index (χ0) is 12.3. The Morgan fingerprint density at radius 3 is 2.82 bits per heavy atom. The van der Waals surface area contributed by atoms with Crippen LogP contribution in [0, 0.1) is 5.92 Å². The standard InChI is InChI=1S/C12H15NO3S/c1-8(14)10-2-3-11(17-10)12(15)13-6-9-4-5-16-7-9/h2-3,9H,4-7H2,1H3,(H,13,15)/t9-/m1/s1. The minimum Gasteiger partial charge on any atom is -0.381 e. The van der Waals surface area contributed by atoms with E-state index in [1.807, 2.05) is 0 Å². The van der Waals surface area contributed by atoms with Gasteiger partial charge in [-0.25, -0.2) is 0 Å². The zero-order valence-electron chi connectivity index (χ0n) is 9.69. The van der Waals surface area contributed by atoms with E-state index in [1.165, 1.54) is 18.3 Å². The Kier molecular flexibility index (Phi) is 3.91. The van der Waals surface area contributed by atoms with E-state index in [0.717, 1.165) is 19.6 Å². The number of carbonyl (C=O) groups is 2. The first-order chi connectivity index (χ1) is 8.16. The van der Waals surface area contributed by atoms with Crippen LogP contribution in [0.4, 0.5) is 0 Å². The molecule has 0 bridgehead atoms. The third-order valence-corrected chi connectivity index (χ3v) is 3.94. The molecule has 4 nitrogen and oxygen atoms in total. The van der Waals surface area contributed by atoms with Gasteiger partial charge in [-0.2, -0.15) is 0 Å². The first-order valence-corrected chi connectivity index (χ1v) is 6.45. The molecule has 1 saturated heterocycles. The lowest BCUT2D eigenvalue weighted by atomic mass is 10.1. The van der Waals surface area contributed by atoms with Gasteiger partial charge in [-0.15, -0.1) is 11.3 Å². The van der Waals surface area contributed by atoms with Crippen molar-refractivity contribution in [2.75, 3.05) is 19.8 Å². The number of amides is 1. The topological polar surface area (TPSA) is 55.4 Å². The van der Waals surface area contributed by atoms with Gasteiger partial charge >= 0.3 is 0 Å². The number of nitrogens with one attached hydrogen (secondary N) is 1. The molecule has 1 N–H and O–H groups in total. The third kappa shape index (κ3) is 3.14. The molecule has 0 radical (unpaired) electrons. The summed E-state index contributed by atoms with van der Waals surface area (Å²) in [5.41, 5.74) is 0. The lowest BCUT2D eigenvalue weighted by molar-refractivity contribution is 0.0948. The Morgan fingerprint density at radius 1 is 1.47 bits per heavy atom. The van der Waals surface area contributed by atoms with Crippen molar-refractivity contribution < 1.29 is 14.3 Å². The van der Waals surface area contributed by atoms with Gasteiger partial charge in [0.25, 0.3) is 5.91 Å². The average Bonchev–Trinajstić information content (AvgIpc) is 2.96. The summed E-state index contributed by atoms with van der Waals surface area (Å²) in [5.74, 6) is 0.318. The lowest BCUT2D eigenvalue weighted by Crippen LogP contribution is -2.28. The molecule has 5 heteroatoms. The maximum absolute atomic E-state index is 11.8. The highest BCUT2D eigenvalue weighted by atomic mass is 32.1. The number of Topliss-reactive ketones (excluding diaryl/α,β-unsaturated/α-hetero) is 1. The summed E-state index contributed by atoms with van der Waals surface area (Å²) in [7, 11) is 0. The lowest BCUT2D eigenvalue weighted by Gasteiger charge is -2.08. The van der Waals surface area contributed by atoms with Gasteiger partial charge in [0.2, 0.25) is 0 Å². The molecule has 2 heterocycles. The number of thiophene rings is 1. The second-order valence-electron chi connectivity index (χ2n) is 4.16. The fourth-order valence-corrected chi connectivity index (χ4v) is 2.54. The molecule has 1 fully saturated rings. The maximum Gasteiger partial charge on any atom is 0.261 e. The van der Waals surface area contributed by atoms with Crippen LogP contribution in [0.1, 0.15) is 32.7 Å². The van der Waals surface area contributed by atoms with Crippen LogP contribution in [0.3, 0.4) is 0 Å². The van der Waals surface area contributed by atoms with Crippen LogP contribution in [0.25, 0.3) is 0 Å². The maximum atomic E-state index is 11.8. The fourth-order valence-electron chi connectivity index (χ4n) is 1.72. The number of hydrogen-bond donors (Lipinski definition) is 1. The first-order valence-electron chi connectivity index (χ1n) is 5.63. The van der Waals surface area contributed by atoms with Gasteiger partial charge < -0.3 is 10.1 Å². The second kappa shape index (κ2) is 5.42. The molecule has 0 aliphatic carbocycles. The molecule has 17 heavy (non-hydrogen) atoms. The minimum atomic E-state index is -0.102. The molecule has 0 saturated carbocycles. The Bertz CT molecular complexity index is 421. The smallest absolute Gasteiger partial charge is 0.261 e. The molecule has 2 rings (SSSR count). The van der Waals surface area contributed by atoms with Crippen molar-refractivity contribution >= 4 is 23.0 Å². The van der Waals surface area contributed by atoms with Crippen LogP contribution in [-0.4, -0.2) is 31.4 Å². The molecule has 92 valence electrons. The number of rotatable bonds is 4. The van der Waals surface area contributed by atoms with E-state index in [0.29, 0.717) is 22.2 Å². The van der Waals surface area contributed by atoms with Crippen molar-refractivity contribution in [3.8, 4) is 0 Å². The van der Waals surface area contributed by atoms with E-state index in [4.69, 9.17) is 4.74 Å². The Labute approximate surface area is 104 Å². The summed E-state index contributed by atoms with van der Waals surface area (Å²) in [5, 5.41) is 2.87. The molecule has 0 aromatic carbocycles. The SMILES string of the molecule is CC(=O)c1ccc(C(=O)NC[C@H]2CCOC2)s1. The summed E-state index contributed by atoms with van der Waals surface area (Å²) >= 11 is 1.24. The van der Waals surface area contributed by atoms with Gasteiger partial charge in [0, 0.05) is 19.1 Å². The van der Waals surface area contributed by atoms with Gasteiger partial charge in [0.05, 0.1) is 16.4 Å². The van der Waals surface area contributed by atoms with E-state index in [-0.39, 0.29) is 11.7 Å². The van der Waals surface area contributed by atoms with Crippen LogP contribution in [-0.2, 0) is 4.74 Å². The van der Waals surface area contributed by atoms with Gasteiger partial charge in [0.1, 0.15) is 0 Å². The summed E-state index contributed by atoms with van der Waals surface area (Å²) in [6, 6.07) is 3.39. The number of ketones is 1. The quantitative estimate of drug-likeness (QED) is 0.831. The van der Waals surface area contributed by atoms with Crippen molar-refractivity contribution in [3.05, 3.63) is 21.9 Å². The Hall–Kier alpha value is -1.20. The summed E-state index contributed by atoms with van der Waals surface area (Å²) in [6.45, 7) is 3.66. The van der Waals surface area contributed by atoms with Crippen LogP contribution in [0.15, 0.2) is 12.1 Å². The van der Waals surface area contributed by atoms with Gasteiger partial charge in [-0.3, -0.25) is 9.59 Å². The largest absolute Gasteiger partial charge is 0.381 e. The van der Waals surface area contributed by atoms with E-state index in [9.17, 15) is 9.59 Å². The van der Waals surface area contributed by atoms with Crippen LogP contribution in [0.5, 0.6) is 0 Å². The predicted octanol–water partition coefficient (Wildman–Crippen LogP) is 1.72. The Morgan fingerprint density at radius 2 is 2.24 bits per heavy atom. The predicted molar refractivity (Wildman–Crippen MR) is 65.6 cm³/mol. The number of hydrogen-bond acceptors (Lipinski definition) is 4. The monoisotopic (exact) mass is 253 g/mol. The van der Waals surface area contributed by atoms with Crippen LogP contribution >= 0.6 is 11.3 Å². The van der Waals surface area contributed by atoms with Gasteiger partial charge in [-0.05, 0) is 25.5 Å². The zero-order valence-corrected chi connectivity index (χ0v) is 10.5. The summed E-state index contributed by atoms with van der Waals surface area (Å²) in [4.78, 5) is 24.1. The molecule has 1 aliphatic rings. The van der Waals surface area contributed by atoms with Gasteiger partial charge in [0.15, 0.2) is 5.78 Å². The molecule has 1 aromatic heterocycles. The number of carbonyl (C=O) groups excluding carboxylic acids is 2. The molecule has 1 aromatic rings. The van der Waals surface area contributed by atoms with Crippen molar-refractivity contribution in [1.82, 2.24) is 5.32 Å². The second-order valence-corrected chi connectivity index (χ2v) is 5.24. The third-order valence-electron chi connectivity index (χ3n) is 2.75. The van der Waals surface area contributed by atoms with E-state index in [2.05, 4.69) is 5.32 Å². The Balaban J connectivity index is 1.87. The van der Waals surface area contributed by atoms with Crippen molar-refractivity contribution in [3.63, 3.8) is 0 Å². The molecule has 1 aliphatic heterocycles. The van der Waals surface area contributed by atoms with Crippen molar-refractivity contribution in [2.45, 2.75) is 13.3 Å². The molecule has 1 amide bonds. The summed E-state index contributed by atoms with van der Waals surface area (Å²) < 4.78 is 5.24. The average molecular weight is 253 g/mol. The normalized spacial score (nSPS) is 19.2. The molecular formula is C12H15NO3S. The molecule has 0 spiro atoms. The summed E-state index contributed by atoms with van der Waals surface area (Å²) in [6.07, 6.45) is 1.00. The highest BCUT2D eigenvalue weighted by Gasteiger charge is 2.17. The number of ether oxygens (including phenoxy) is 1. The van der Waals surface area contributed by atoms with E-state index < -0.39 is 0 Å². The van der Waals surface area contributed by atoms with Crippen LogP contribution < -0.4 is 5.32 Å². The van der Waals surface area contributed by atoms with E-state index in [1.54, 1.807) is 12.1 Å². The fraction of sp³-hybridized carbons (Fsp3) is 0.500. The van der Waals surface area contributed by atoms with E-state index >= 15 is 0 Å². The molecular weight excluding hydrogens is 238 g/mol. The van der Waals surface area contributed by atoms with Crippen molar-refractivity contribution in [1.29, 1.82) is 0 Å². The first kappa shape index (κ1) is 12.3. The van der Waals surface area contributed by atoms with Crippen LogP contribution in [0.2, 0.25) is 0 Å².